The van der Waals surface area contributed by atoms with Crippen molar-refractivity contribution in [1.29, 1.82) is 0 Å². The van der Waals surface area contributed by atoms with Crippen LogP contribution >= 0.6 is 11.6 Å². The monoisotopic (exact) mass is 238 g/mol. The summed E-state index contributed by atoms with van der Waals surface area (Å²) in [5.74, 6) is 0.822. The van der Waals surface area contributed by atoms with Gasteiger partial charge in [-0.3, -0.25) is 0 Å². The molecule has 3 heterocycles. The summed E-state index contributed by atoms with van der Waals surface area (Å²) in [7, 11) is 0. The number of hydrogen-bond acceptors (Lipinski definition) is 4. The number of anilines is 1. The maximum Gasteiger partial charge on any atom is 0.227 e. The Morgan fingerprint density at radius 3 is 2.81 bits per heavy atom. The second-order valence-corrected chi connectivity index (χ2v) is 4.72. The fourth-order valence-corrected chi connectivity index (χ4v) is 2.60. The highest BCUT2D eigenvalue weighted by atomic mass is 35.5. The summed E-state index contributed by atoms with van der Waals surface area (Å²) in [4.78, 5) is 11.3. The van der Waals surface area contributed by atoms with Crippen LogP contribution < -0.4 is 10.2 Å². The molecule has 0 aliphatic carbocycles. The Balaban J connectivity index is 1.97. The van der Waals surface area contributed by atoms with E-state index in [1.807, 2.05) is 0 Å². The summed E-state index contributed by atoms with van der Waals surface area (Å²) in [5, 5.41) is 3.92. The van der Waals surface area contributed by atoms with Crippen molar-refractivity contribution in [1.82, 2.24) is 15.3 Å². The van der Waals surface area contributed by atoms with Gasteiger partial charge >= 0.3 is 0 Å². The fraction of sp³-hybridized carbons (Fsp3) is 0.636. The molecule has 1 fully saturated rings. The number of fused-ring (bicyclic) bond motifs is 1. The van der Waals surface area contributed by atoms with E-state index < -0.39 is 0 Å². The van der Waals surface area contributed by atoms with Gasteiger partial charge in [0, 0.05) is 38.2 Å². The number of halogens is 1. The van der Waals surface area contributed by atoms with Crippen molar-refractivity contribution in [2.75, 3.05) is 24.5 Å². The predicted octanol–water partition coefficient (Wildman–Crippen LogP) is 1.38. The molecular weight excluding hydrogens is 224 g/mol. The second-order valence-electron chi connectivity index (χ2n) is 4.36. The van der Waals surface area contributed by atoms with E-state index in [-0.39, 0.29) is 0 Å². The molecule has 5 heteroatoms. The topological polar surface area (TPSA) is 41.1 Å². The first kappa shape index (κ1) is 10.3. The molecule has 0 atom stereocenters. The molecule has 86 valence electrons. The normalized spacial score (nSPS) is 19.9. The van der Waals surface area contributed by atoms with Crippen molar-refractivity contribution < 1.29 is 0 Å². The minimum Gasteiger partial charge on any atom is -0.341 e. The molecule has 0 spiro atoms. The molecule has 1 aromatic heterocycles. The predicted molar refractivity (Wildman–Crippen MR) is 63.9 cm³/mol. The van der Waals surface area contributed by atoms with E-state index in [9.17, 15) is 0 Å². The van der Waals surface area contributed by atoms with E-state index in [0.717, 1.165) is 49.8 Å². The third-order valence-corrected chi connectivity index (χ3v) is 3.57. The van der Waals surface area contributed by atoms with E-state index in [1.165, 1.54) is 12.8 Å². The first-order chi connectivity index (χ1) is 7.84. The van der Waals surface area contributed by atoms with E-state index in [2.05, 4.69) is 20.2 Å². The van der Waals surface area contributed by atoms with Crippen LogP contribution in [0.1, 0.15) is 24.1 Å². The van der Waals surface area contributed by atoms with Crippen molar-refractivity contribution in [3.05, 3.63) is 16.4 Å². The van der Waals surface area contributed by atoms with Gasteiger partial charge in [-0.15, -0.1) is 0 Å². The molecule has 0 aromatic carbocycles. The summed E-state index contributed by atoms with van der Waals surface area (Å²) in [6, 6.07) is 0. The molecule has 0 radical (unpaired) electrons. The van der Waals surface area contributed by atoms with Crippen LogP contribution in [0.5, 0.6) is 0 Å². The maximum atomic E-state index is 6.21. The Labute approximate surface area is 100 Å². The third-order valence-electron chi connectivity index (χ3n) is 3.26. The minimum atomic E-state index is 0.624. The average Bonchev–Trinajstić information content (AvgIpc) is 2.82. The zero-order chi connectivity index (χ0) is 11.0. The Kier molecular flexibility index (Phi) is 2.69. The van der Waals surface area contributed by atoms with Crippen LogP contribution in [-0.4, -0.2) is 29.6 Å². The van der Waals surface area contributed by atoms with Gasteiger partial charge in [-0.1, -0.05) is 11.6 Å². The van der Waals surface area contributed by atoms with Gasteiger partial charge in [-0.05, 0) is 12.8 Å². The van der Waals surface area contributed by atoms with Gasteiger partial charge in [-0.2, -0.15) is 0 Å². The van der Waals surface area contributed by atoms with Gasteiger partial charge in [0.05, 0.1) is 5.69 Å². The van der Waals surface area contributed by atoms with E-state index >= 15 is 0 Å². The second kappa shape index (κ2) is 4.18. The highest BCUT2D eigenvalue weighted by Crippen LogP contribution is 2.24. The number of nitrogens with one attached hydrogen (secondary N) is 1. The van der Waals surface area contributed by atoms with Crippen LogP contribution in [0.4, 0.5) is 5.95 Å². The van der Waals surface area contributed by atoms with Crippen LogP contribution in [-0.2, 0) is 13.0 Å². The molecule has 3 rings (SSSR count). The standard InChI is InChI=1S/C11H15ClN4/c12-10-8-7-13-4-3-9(8)14-11(15-10)16-5-1-2-6-16/h13H,1-7H2. The lowest BCUT2D eigenvalue weighted by atomic mass is 10.1. The smallest absolute Gasteiger partial charge is 0.227 e. The Bertz CT molecular complexity index is 401. The highest BCUT2D eigenvalue weighted by molar-refractivity contribution is 6.30. The molecule has 1 aromatic rings. The Morgan fingerprint density at radius 2 is 2.00 bits per heavy atom. The van der Waals surface area contributed by atoms with E-state index in [1.54, 1.807) is 0 Å². The molecule has 4 nitrogen and oxygen atoms in total. The van der Waals surface area contributed by atoms with Gasteiger partial charge in [0.2, 0.25) is 5.95 Å². The zero-order valence-electron chi connectivity index (χ0n) is 9.17. The Hall–Kier alpha value is -0.870. The zero-order valence-corrected chi connectivity index (χ0v) is 9.93. The van der Waals surface area contributed by atoms with Crippen LogP contribution in [0.2, 0.25) is 5.15 Å². The SMILES string of the molecule is Clc1nc(N2CCCC2)nc2c1CNCC2. The number of rotatable bonds is 1. The first-order valence-electron chi connectivity index (χ1n) is 5.85. The lowest BCUT2D eigenvalue weighted by molar-refractivity contribution is 0.624. The molecular formula is C11H15ClN4. The van der Waals surface area contributed by atoms with Crippen molar-refractivity contribution in [3.8, 4) is 0 Å². The molecule has 1 N–H and O–H groups in total. The largest absolute Gasteiger partial charge is 0.341 e. The minimum absolute atomic E-state index is 0.624. The van der Waals surface area contributed by atoms with Gasteiger partial charge in [0.1, 0.15) is 5.15 Å². The van der Waals surface area contributed by atoms with Crippen molar-refractivity contribution in [2.24, 2.45) is 0 Å². The fourth-order valence-electron chi connectivity index (χ4n) is 2.35. The lowest BCUT2D eigenvalue weighted by Crippen LogP contribution is -2.28. The molecule has 2 aliphatic heterocycles. The first-order valence-corrected chi connectivity index (χ1v) is 6.23. The quantitative estimate of drug-likeness (QED) is 0.751. The average molecular weight is 239 g/mol. The summed E-state index contributed by atoms with van der Waals surface area (Å²) in [6.45, 7) is 3.91. The van der Waals surface area contributed by atoms with Crippen LogP contribution in [0.25, 0.3) is 0 Å². The maximum absolute atomic E-state index is 6.21. The van der Waals surface area contributed by atoms with Crippen molar-refractivity contribution in [3.63, 3.8) is 0 Å². The third kappa shape index (κ3) is 1.76. The summed E-state index contributed by atoms with van der Waals surface area (Å²) in [5.41, 5.74) is 2.21. The molecule has 2 aliphatic rings. The number of aromatic nitrogens is 2. The van der Waals surface area contributed by atoms with E-state index in [4.69, 9.17) is 11.6 Å². The summed E-state index contributed by atoms with van der Waals surface area (Å²) >= 11 is 6.21. The van der Waals surface area contributed by atoms with Crippen molar-refractivity contribution in [2.45, 2.75) is 25.8 Å². The molecule has 16 heavy (non-hydrogen) atoms. The molecule has 1 saturated heterocycles. The number of hydrogen-bond donors (Lipinski definition) is 1. The molecule has 0 amide bonds. The van der Waals surface area contributed by atoms with Gasteiger partial charge < -0.3 is 10.2 Å². The Morgan fingerprint density at radius 1 is 1.19 bits per heavy atom. The van der Waals surface area contributed by atoms with Gasteiger partial charge in [0.15, 0.2) is 0 Å². The van der Waals surface area contributed by atoms with Gasteiger partial charge in [0.25, 0.3) is 0 Å². The van der Waals surface area contributed by atoms with E-state index in [0.29, 0.717) is 5.15 Å². The summed E-state index contributed by atoms with van der Waals surface area (Å²) in [6.07, 6.45) is 3.43. The van der Waals surface area contributed by atoms with Crippen molar-refractivity contribution >= 4 is 17.5 Å². The lowest BCUT2D eigenvalue weighted by Gasteiger charge is -2.21. The highest BCUT2D eigenvalue weighted by Gasteiger charge is 2.20. The van der Waals surface area contributed by atoms with Crippen LogP contribution in [0, 0.1) is 0 Å². The van der Waals surface area contributed by atoms with Gasteiger partial charge in [-0.25, -0.2) is 9.97 Å². The summed E-state index contributed by atoms with van der Waals surface area (Å²) < 4.78 is 0. The van der Waals surface area contributed by atoms with Crippen LogP contribution in [0.3, 0.4) is 0 Å². The molecule has 0 saturated carbocycles. The molecule has 0 bridgehead atoms. The number of nitrogens with zero attached hydrogens (tertiary/aromatic N) is 3. The van der Waals surface area contributed by atoms with Crippen LogP contribution in [0.15, 0.2) is 0 Å². The molecule has 0 unspecified atom stereocenters.